The number of likely N-dealkylation sites (tertiary alicyclic amines) is 1. The molecule has 0 atom stereocenters. The van der Waals surface area contributed by atoms with Crippen LogP contribution in [-0.4, -0.2) is 49.4 Å². The van der Waals surface area contributed by atoms with Gasteiger partial charge in [0.05, 0.1) is 6.54 Å². The molecule has 1 saturated carbocycles. The molecule has 2 aliphatic rings. The number of rotatable bonds is 6. The van der Waals surface area contributed by atoms with Crippen molar-refractivity contribution in [2.24, 2.45) is 5.92 Å². The lowest BCUT2D eigenvalue weighted by atomic mass is 10.0. The van der Waals surface area contributed by atoms with E-state index < -0.39 is 0 Å². The molecule has 120 valence electrons. The van der Waals surface area contributed by atoms with Crippen LogP contribution in [0.2, 0.25) is 0 Å². The predicted octanol–water partition coefficient (Wildman–Crippen LogP) is 1.28. The highest BCUT2D eigenvalue weighted by molar-refractivity contribution is 5.84. The third-order valence-corrected chi connectivity index (χ3v) is 4.95. The van der Waals surface area contributed by atoms with Crippen molar-refractivity contribution in [2.45, 2.75) is 57.4 Å². The normalized spacial score (nSPS) is 20.7. The first-order chi connectivity index (χ1) is 10.2. The van der Waals surface area contributed by atoms with Gasteiger partial charge in [-0.2, -0.15) is 0 Å². The largest absolute Gasteiger partial charge is 0.347 e. The summed E-state index contributed by atoms with van der Waals surface area (Å²) in [6.07, 6.45) is 8.71. The minimum absolute atomic E-state index is 0.0281. The van der Waals surface area contributed by atoms with Gasteiger partial charge in [-0.15, -0.1) is 0 Å². The summed E-state index contributed by atoms with van der Waals surface area (Å²) in [7, 11) is 1.96. The van der Waals surface area contributed by atoms with Crippen LogP contribution < -0.4 is 10.6 Å². The number of amides is 2. The van der Waals surface area contributed by atoms with E-state index in [2.05, 4.69) is 10.6 Å². The molecule has 2 fully saturated rings. The molecule has 2 amide bonds. The molecule has 0 aromatic rings. The molecule has 1 saturated heterocycles. The van der Waals surface area contributed by atoms with Crippen LogP contribution in [0.25, 0.3) is 0 Å². The smallest absolute Gasteiger partial charge is 0.241 e. The number of piperidine rings is 1. The summed E-state index contributed by atoms with van der Waals surface area (Å²) < 4.78 is 0. The summed E-state index contributed by atoms with van der Waals surface area (Å²) in [5.41, 5.74) is 0. The lowest BCUT2D eigenvalue weighted by Crippen LogP contribution is -2.47. The molecule has 2 rings (SSSR count). The van der Waals surface area contributed by atoms with Gasteiger partial charge in [0.2, 0.25) is 11.8 Å². The van der Waals surface area contributed by atoms with Crippen LogP contribution in [0.5, 0.6) is 0 Å². The van der Waals surface area contributed by atoms with Gasteiger partial charge in [0, 0.05) is 25.6 Å². The van der Waals surface area contributed by atoms with Crippen molar-refractivity contribution in [1.29, 1.82) is 0 Å². The van der Waals surface area contributed by atoms with E-state index in [-0.39, 0.29) is 18.4 Å². The Hall–Kier alpha value is -1.10. The second-order valence-electron chi connectivity index (χ2n) is 6.41. The van der Waals surface area contributed by atoms with Crippen LogP contribution in [0, 0.1) is 5.92 Å². The number of nitrogens with one attached hydrogen (secondary N) is 2. The van der Waals surface area contributed by atoms with Crippen molar-refractivity contribution >= 4 is 11.8 Å². The van der Waals surface area contributed by atoms with Crippen LogP contribution in [0.4, 0.5) is 0 Å². The highest BCUT2D eigenvalue weighted by Gasteiger charge is 2.22. The first-order valence-electron chi connectivity index (χ1n) is 8.40. The number of nitrogens with zero attached hydrogens (tertiary/aromatic N) is 1. The first-order valence-corrected chi connectivity index (χ1v) is 8.40. The van der Waals surface area contributed by atoms with Crippen LogP contribution in [0.3, 0.4) is 0 Å². The summed E-state index contributed by atoms with van der Waals surface area (Å²) in [6, 6.07) is 0.523. The lowest BCUT2D eigenvalue weighted by Gasteiger charge is -2.31. The summed E-state index contributed by atoms with van der Waals surface area (Å²) in [4.78, 5) is 25.7. The molecule has 5 heteroatoms. The monoisotopic (exact) mass is 295 g/mol. The molecule has 0 radical (unpaired) electrons. The standard InChI is InChI=1S/C16H29N3O2/c1-17-14-8-10-19(11-9-14)16(21)12-18-15(20)7-6-13-4-2-3-5-13/h13-14,17H,2-12H2,1H3,(H,18,20). The highest BCUT2D eigenvalue weighted by Crippen LogP contribution is 2.28. The summed E-state index contributed by atoms with van der Waals surface area (Å²) in [5.74, 6) is 0.811. The maximum Gasteiger partial charge on any atom is 0.241 e. The van der Waals surface area contributed by atoms with Crippen molar-refractivity contribution in [3.8, 4) is 0 Å². The lowest BCUT2D eigenvalue weighted by molar-refractivity contribution is -0.133. The number of hydrogen-bond acceptors (Lipinski definition) is 3. The van der Waals surface area contributed by atoms with E-state index in [1.165, 1.54) is 25.7 Å². The van der Waals surface area contributed by atoms with Gasteiger partial charge in [0.15, 0.2) is 0 Å². The predicted molar refractivity (Wildman–Crippen MR) is 82.9 cm³/mol. The van der Waals surface area contributed by atoms with Gasteiger partial charge in [-0.3, -0.25) is 9.59 Å². The van der Waals surface area contributed by atoms with Gasteiger partial charge in [0.1, 0.15) is 0 Å². The van der Waals surface area contributed by atoms with E-state index in [0.29, 0.717) is 12.5 Å². The van der Waals surface area contributed by atoms with Crippen LogP contribution in [0.15, 0.2) is 0 Å². The molecular formula is C16H29N3O2. The Morgan fingerprint density at radius 3 is 2.38 bits per heavy atom. The van der Waals surface area contributed by atoms with Gasteiger partial charge < -0.3 is 15.5 Å². The minimum Gasteiger partial charge on any atom is -0.347 e. The fraction of sp³-hybridized carbons (Fsp3) is 0.875. The fourth-order valence-corrected chi connectivity index (χ4v) is 3.43. The second kappa shape index (κ2) is 8.37. The molecular weight excluding hydrogens is 266 g/mol. The van der Waals surface area contributed by atoms with Crippen LogP contribution in [-0.2, 0) is 9.59 Å². The molecule has 0 bridgehead atoms. The first kappa shape index (κ1) is 16.3. The molecule has 1 aliphatic heterocycles. The van der Waals surface area contributed by atoms with Gasteiger partial charge in [0.25, 0.3) is 0 Å². The summed E-state index contributed by atoms with van der Waals surface area (Å²) >= 11 is 0. The van der Waals surface area contributed by atoms with Gasteiger partial charge in [-0.25, -0.2) is 0 Å². The SMILES string of the molecule is CNC1CCN(C(=O)CNC(=O)CCC2CCCC2)CC1. The average molecular weight is 295 g/mol. The molecule has 0 aromatic carbocycles. The number of carbonyl (C=O) groups excluding carboxylic acids is 2. The zero-order chi connectivity index (χ0) is 15.1. The molecule has 5 nitrogen and oxygen atoms in total. The van der Waals surface area contributed by atoms with Gasteiger partial charge in [-0.05, 0) is 32.2 Å². The third-order valence-electron chi connectivity index (χ3n) is 4.95. The minimum atomic E-state index is 0.0281. The summed E-state index contributed by atoms with van der Waals surface area (Å²) in [6.45, 7) is 1.75. The van der Waals surface area contributed by atoms with E-state index in [9.17, 15) is 9.59 Å². The fourth-order valence-electron chi connectivity index (χ4n) is 3.43. The Morgan fingerprint density at radius 1 is 1.10 bits per heavy atom. The maximum atomic E-state index is 12.0. The summed E-state index contributed by atoms with van der Waals surface area (Å²) in [5, 5.41) is 6.03. The Balaban J connectivity index is 1.58. The molecule has 0 aromatic heterocycles. The average Bonchev–Trinajstić information content (AvgIpc) is 3.04. The van der Waals surface area contributed by atoms with E-state index in [0.717, 1.165) is 38.3 Å². The van der Waals surface area contributed by atoms with Crippen LogP contribution >= 0.6 is 0 Å². The van der Waals surface area contributed by atoms with E-state index in [4.69, 9.17) is 0 Å². The van der Waals surface area contributed by atoms with E-state index in [1.54, 1.807) is 0 Å². The Bertz CT molecular complexity index is 345. The third kappa shape index (κ3) is 5.30. The van der Waals surface area contributed by atoms with E-state index >= 15 is 0 Å². The molecule has 0 spiro atoms. The quantitative estimate of drug-likeness (QED) is 0.776. The van der Waals surface area contributed by atoms with Crippen molar-refractivity contribution in [3.63, 3.8) is 0 Å². The molecule has 1 aliphatic carbocycles. The molecule has 0 unspecified atom stereocenters. The zero-order valence-electron chi connectivity index (χ0n) is 13.2. The Labute approximate surface area is 127 Å². The molecule has 2 N–H and O–H groups in total. The van der Waals surface area contributed by atoms with E-state index in [1.807, 2.05) is 11.9 Å². The highest BCUT2D eigenvalue weighted by atomic mass is 16.2. The van der Waals surface area contributed by atoms with Crippen molar-refractivity contribution in [2.75, 3.05) is 26.7 Å². The maximum absolute atomic E-state index is 12.0. The number of carbonyl (C=O) groups is 2. The second-order valence-corrected chi connectivity index (χ2v) is 6.41. The van der Waals surface area contributed by atoms with Gasteiger partial charge >= 0.3 is 0 Å². The Morgan fingerprint density at radius 2 is 1.76 bits per heavy atom. The number of hydrogen-bond donors (Lipinski definition) is 2. The van der Waals surface area contributed by atoms with Crippen molar-refractivity contribution < 1.29 is 9.59 Å². The van der Waals surface area contributed by atoms with Crippen LogP contribution in [0.1, 0.15) is 51.4 Å². The topological polar surface area (TPSA) is 61.4 Å². The zero-order valence-corrected chi connectivity index (χ0v) is 13.2. The van der Waals surface area contributed by atoms with Crippen molar-refractivity contribution in [1.82, 2.24) is 15.5 Å². The molecule has 21 heavy (non-hydrogen) atoms. The van der Waals surface area contributed by atoms with Gasteiger partial charge in [-0.1, -0.05) is 25.7 Å². The Kier molecular flexibility index (Phi) is 6.49. The van der Waals surface area contributed by atoms with Crippen molar-refractivity contribution in [3.05, 3.63) is 0 Å². The molecule has 1 heterocycles.